The molecule has 0 unspecified atom stereocenters. The maximum atomic E-state index is 13.1. The van der Waals surface area contributed by atoms with E-state index in [1.54, 1.807) is 0 Å². The third kappa shape index (κ3) is 5.07. The van der Waals surface area contributed by atoms with Crippen LogP contribution >= 0.6 is 0 Å². The highest BCUT2D eigenvalue weighted by molar-refractivity contribution is 6.09. The van der Waals surface area contributed by atoms with Crippen molar-refractivity contribution in [1.29, 1.82) is 0 Å². The minimum atomic E-state index is -1.10. The first-order valence-corrected chi connectivity index (χ1v) is 9.48. The van der Waals surface area contributed by atoms with E-state index in [-0.39, 0.29) is 24.5 Å². The van der Waals surface area contributed by atoms with Gasteiger partial charge < -0.3 is 15.4 Å². The van der Waals surface area contributed by atoms with Gasteiger partial charge in [0.25, 0.3) is 5.91 Å². The van der Waals surface area contributed by atoms with Crippen molar-refractivity contribution in [2.24, 2.45) is 0 Å². The van der Waals surface area contributed by atoms with Gasteiger partial charge in [0.05, 0.1) is 6.10 Å². The lowest BCUT2D eigenvalue weighted by Crippen LogP contribution is -2.45. The molecule has 7 heteroatoms. The number of hydrogen-bond donors (Lipinski definition) is 2. The van der Waals surface area contributed by atoms with E-state index in [4.69, 9.17) is 4.74 Å². The van der Waals surface area contributed by atoms with Crippen molar-refractivity contribution >= 4 is 17.8 Å². The number of benzene rings is 1. The number of imide groups is 1. The molecule has 7 nitrogen and oxygen atoms in total. The normalized spacial score (nSPS) is 19.5. The zero-order valence-electron chi connectivity index (χ0n) is 16.3. The summed E-state index contributed by atoms with van der Waals surface area (Å²) in [4.78, 5) is 38.7. The highest BCUT2D eigenvalue weighted by Crippen LogP contribution is 2.33. The van der Waals surface area contributed by atoms with E-state index in [1.165, 1.54) is 0 Å². The van der Waals surface area contributed by atoms with E-state index in [0.29, 0.717) is 26.0 Å². The molecule has 1 aromatic carbocycles. The molecule has 4 amide bonds. The van der Waals surface area contributed by atoms with E-state index in [1.807, 2.05) is 51.1 Å². The second kappa shape index (κ2) is 9.50. The first-order chi connectivity index (χ1) is 12.9. The van der Waals surface area contributed by atoms with E-state index < -0.39 is 11.6 Å². The number of nitrogens with one attached hydrogen (secondary N) is 2. The summed E-state index contributed by atoms with van der Waals surface area (Å²) in [6, 6.07) is 8.65. The number of urea groups is 1. The fraction of sp³-hybridized carbons (Fsp3) is 0.550. The first-order valence-electron chi connectivity index (χ1n) is 9.48. The molecular weight excluding hydrogens is 346 g/mol. The molecule has 1 saturated heterocycles. The number of nitrogens with zero attached hydrogens (tertiary/aromatic N) is 1. The van der Waals surface area contributed by atoms with Crippen molar-refractivity contribution in [1.82, 2.24) is 15.5 Å². The Morgan fingerprint density at radius 3 is 2.59 bits per heavy atom. The SMILES string of the molecule is CCC[C@]1(c2ccccc2)NC(=O)N(CC(=O)NCCCOC(C)C)C1=O. The molecule has 1 aliphatic rings. The van der Waals surface area contributed by atoms with Crippen molar-refractivity contribution in [3.05, 3.63) is 35.9 Å². The van der Waals surface area contributed by atoms with Crippen LogP contribution in [0.4, 0.5) is 4.79 Å². The molecule has 0 aromatic heterocycles. The molecule has 0 radical (unpaired) electrons. The number of carbonyl (C=O) groups is 3. The van der Waals surface area contributed by atoms with Gasteiger partial charge in [-0.05, 0) is 32.3 Å². The molecule has 0 bridgehead atoms. The second-order valence-electron chi connectivity index (χ2n) is 6.97. The van der Waals surface area contributed by atoms with Crippen LogP contribution < -0.4 is 10.6 Å². The van der Waals surface area contributed by atoms with Crippen LogP contribution in [0.3, 0.4) is 0 Å². The molecule has 27 heavy (non-hydrogen) atoms. The Labute approximate surface area is 160 Å². The number of hydrogen-bond acceptors (Lipinski definition) is 4. The minimum absolute atomic E-state index is 0.149. The van der Waals surface area contributed by atoms with E-state index >= 15 is 0 Å². The third-order valence-corrected chi connectivity index (χ3v) is 4.46. The Bertz CT molecular complexity index is 662. The molecule has 1 aromatic rings. The van der Waals surface area contributed by atoms with Crippen molar-refractivity contribution in [3.63, 3.8) is 0 Å². The topological polar surface area (TPSA) is 87.7 Å². The molecule has 1 fully saturated rings. The lowest BCUT2D eigenvalue weighted by atomic mass is 9.85. The van der Waals surface area contributed by atoms with Crippen molar-refractivity contribution in [3.8, 4) is 0 Å². The highest BCUT2D eigenvalue weighted by atomic mass is 16.5. The number of carbonyl (C=O) groups excluding carboxylic acids is 3. The van der Waals surface area contributed by atoms with Crippen LogP contribution in [-0.2, 0) is 19.9 Å². The van der Waals surface area contributed by atoms with Gasteiger partial charge in [-0.3, -0.25) is 14.5 Å². The molecule has 148 valence electrons. The second-order valence-corrected chi connectivity index (χ2v) is 6.97. The Kier molecular flexibility index (Phi) is 7.36. The van der Waals surface area contributed by atoms with Gasteiger partial charge in [-0.2, -0.15) is 0 Å². The zero-order chi connectivity index (χ0) is 19.9. The van der Waals surface area contributed by atoms with Gasteiger partial charge >= 0.3 is 6.03 Å². The first kappa shape index (κ1) is 20.9. The van der Waals surface area contributed by atoms with Gasteiger partial charge in [0.15, 0.2) is 0 Å². The molecule has 1 heterocycles. The molecule has 2 rings (SSSR count). The maximum Gasteiger partial charge on any atom is 0.325 e. The summed E-state index contributed by atoms with van der Waals surface area (Å²) >= 11 is 0. The summed E-state index contributed by atoms with van der Waals surface area (Å²) in [6.07, 6.45) is 2.02. The van der Waals surface area contributed by atoms with Crippen LogP contribution in [0.25, 0.3) is 0 Å². The number of ether oxygens (including phenoxy) is 1. The van der Waals surface area contributed by atoms with Crippen molar-refractivity contribution < 1.29 is 19.1 Å². The Balaban J connectivity index is 1.99. The van der Waals surface area contributed by atoms with E-state index in [9.17, 15) is 14.4 Å². The fourth-order valence-electron chi connectivity index (χ4n) is 3.20. The lowest BCUT2D eigenvalue weighted by Gasteiger charge is -2.26. The highest BCUT2D eigenvalue weighted by Gasteiger charge is 2.52. The van der Waals surface area contributed by atoms with Crippen LogP contribution in [0.5, 0.6) is 0 Å². The number of amides is 4. The Morgan fingerprint density at radius 2 is 1.96 bits per heavy atom. The van der Waals surface area contributed by atoms with Crippen LogP contribution in [0.1, 0.15) is 45.6 Å². The van der Waals surface area contributed by atoms with Gasteiger partial charge in [-0.1, -0.05) is 43.7 Å². The predicted molar refractivity (Wildman–Crippen MR) is 102 cm³/mol. The Hall–Kier alpha value is -2.41. The quantitative estimate of drug-likeness (QED) is 0.485. The molecule has 1 atom stereocenters. The van der Waals surface area contributed by atoms with Gasteiger partial charge in [0.2, 0.25) is 5.91 Å². The van der Waals surface area contributed by atoms with Crippen LogP contribution in [0.2, 0.25) is 0 Å². The lowest BCUT2D eigenvalue weighted by molar-refractivity contribution is -0.135. The molecule has 1 aliphatic heterocycles. The maximum absolute atomic E-state index is 13.1. The average molecular weight is 375 g/mol. The smallest absolute Gasteiger partial charge is 0.325 e. The summed E-state index contributed by atoms with van der Waals surface area (Å²) in [5, 5.41) is 5.55. The van der Waals surface area contributed by atoms with Crippen LogP contribution in [0, 0.1) is 0 Å². The Morgan fingerprint density at radius 1 is 1.26 bits per heavy atom. The van der Waals surface area contributed by atoms with Gasteiger partial charge in [-0.15, -0.1) is 0 Å². The van der Waals surface area contributed by atoms with E-state index in [2.05, 4.69) is 10.6 Å². The summed E-state index contributed by atoms with van der Waals surface area (Å²) in [5.41, 5.74) is -0.364. The van der Waals surface area contributed by atoms with E-state index in [0.717, 1.165) is 16.9 Å². The van der Waals surface area contributed by atoms with Gasteiger partial charge in [0, 0.05) is 13.2 Å². The van der Waals surface area contributed by atoms with Crippen molar-refractivity contribution in [2.75, 3.05) is 19.7 Å². The van der Waals surface area contributed by atoms with Gasteiger partial charge in [-0.25, -0.2) is 4.79 Å². The molecule has 0 aliphatic carbocycles. The van der Waals surface area contributed by atoms with Crippen molar-refractivity contribution in [2.45, 2.75) is 51.7 Å². The average Bonchev–Trinajstić information content (AvgIpc) is 2.87. The minimum Gasteiger partial charge on any atom is -0.379 e. The summed E-state index contributed by atoms with van der Waals surface area (Å²) < 4.78 is 5.41. The van der Waals surface area contributed by atoms with Crippen LogP contribution in [0.15, 0.2) is 30.3 Å². The van der Waals surface area contributed by atoms with Gasteiger partial charge in [0.1, 0.15) is 12.1 Å². The summed E-state index contributed by atoms with van der Waals surface area (Å²) in [6.45, 7) is 6.56. The molecule has 0 saturated carbocycles. The van der Waals surface area contributed by atoms with Crippen LogP contribution in [-0.4, -0.2) is 48.5 Å². The summed E-state index contributed by atoms with van der Waals surface area (Å²) in [7, 11) is 0. The standard InChI is InChI=1S/C20H29N3O4/c1-4-11-20(16-9-6-5-7-10-16)18(25)23(19(26)22-20)14-17(24)21-12-8-13-27-15(2)3/h5-7,9-10,15H,4,8,11-14H2,1-3H3,(H,21,24)(H,22,26)/t20-/m1/s1. The largest absolute Gasteiger partial charge is 0.379 e. The third-order valence-electron chi connectivity index (χ3n) is 4.46. The molecule has 0 spiro atoms. The summed E-state index contributed by atoms with van der Waals surface area (Å²) in [5.74, 6) is -0.734. The predicted octanol–water partition coefficient (Wildman–Crippen LogP) is 2.17. The number of rotatable bonds is 10. The zero-order valence-corrected chi connectivity index (χ0v) is 16.3. The molecular formula is C20H29N3O4. The monoisotopic (exact) mass is 375 g/mol. The molecule has 2 N–H and O–H groups in total. The fourth-order valence-corrected chi connectivity index (χ4v) is 3.20.